The largest absolute Gasteiger partial charge is 0.385 e. The van der Waals surface area contributed by atoms with Crippen LogP contribution in [0.5, 0.6) is 0 Å². The summed E-state index contributed by atoms with van der Waals surface area (Å²) in [6.45, 7) is -0.588. The first-order chi connectivity index (χ1) is 7.50. The average Bonchev–Trinajstić information content (AvgIpc) is 2.26. The highest BCUT2D eigenvalue weighted by molar-refractivity contribution is 5.92. The minimum Gasteiger partial charge on any atom is -0.385 e. The SMILES string of the molecule is O=C(NCC(O)C(F)F)c1ccc(F)cn1. The molecule has 1 amide bonds. The molecular formula is C9H9F3N2O2. The number of aliphatic hydroxyl groups excluding tert-OH is 1. The maximum Gasteiger partial charge on any atom is 0.269 e. The van der Waals surface area contributed by atoms with Crippen molar-refractivity contribution in [1.29, 1.82) is 0 Å². The van der Waals surface area contributed by atoms with Gasteiger partial charge in [-0.2, -0.15) is 0 Å². The van der Waals surface area contributed by atoms with E-state index < -0.39 is 30.8 Å². The highest BCUT2D eigenvalue weighted by Gasteiger charge is 2.18. The van der Waals surface area contributed by atoms with Crippen LogP contribution in [-0.4, -0.2) is 35.1 Å². The Morgan fingerprint density at radius 1 is 1.50 bits per heavy atom. The Balaban J connectivity index is 2.50. The van der Waals surface area contributed by atoms with Gasteiger partial charge in [-0.3, -0.25) is 4.79 Å². The van der Waals surface area contributed by atoms with E-state index in [-0.39, 0.29) is 5.69 Å². The maximum atomic E-state index is 12.4. The van der Waals surface area contributed by atoms with Gasteiger partial charge in [0.15, 0.2) is 0 Å². The number of hydrogen-bond donors (Lipinski definition) is 2. The zero-order valence-electron chi connectivity index (χ0n) is 8.03. The van der Waals surface area contributed by atoms with Crippen LogP contribution in [0.15, 0.2) is 18.3 Å². The predicted octanol–water partition coefficient (Wildman–Crippen LogP) is 0.577. The third-order valence-electron chi connectivity index (χ3n) is 1.72. The first-order valence-electron chi connectivity index (χ1n) is 4.36. The van der Waals surface area contributed by atoms with Crippen LogP contribution >= 0.6 is 0 Å². The Kier molecular flexibility index (Phi) is 4.24. The summed E-state index contributed by atoms with van der Waals surface area (Å²) in [7, 11) is 0. The molecule has 7 heteroatoms. The van der Waals surface area contributed by atoms with E-state index in [1.165, 1.54) is 0 Å². The topological polar surface area (TPSA) is 62.2 Å². The highest BCUT2D eigenvalue weighted by Crippen LogP contribution is 2.00. The molecule has 1 unspecified atom stereocenters. The van der Waals surface area contributed by atoms with E-state index in [0.717, 1.165) is 18.3 Å². The zero-order valence-corrected chi connectivity index (χ0v) is 8.03. The lowest BCUT2D eigenvalue weighted by Crippen LogP contribution is -2.36. The molecule has 1 rings (SSSR count). The summed E-state index contributed by atoms with van der Waals surface area (Å²) < 4.78 is 36.2. The molecule has 2 N–H and O–H groups in total. The van der Waals surface area contributed by atoms with Gasteiger partial charge in [-0.25, -0.2) is 18.2 Å². The number of nitrogens with zero attached hydrogens (tertiary/aromatic N) is 1. The third-order valence-corrected chi connectivity index (χ3v) is 1.72. The molecule has 0 radical (unpaired) electrons. The molecule has 0 aliphatic heterocycles. The first kappa shape index (κ1) is 12.4. The number of nitrogens with one attached hydrogen (secondary N) is 1. The molecule has 4 nitrogen and oxygen atoms in total. The number of aliphatic hydroxyl groups is 1. The lowest BCUT2D eigenvalue weighted by atomic mass is 10.3. The molecule has 1 atom stereocenters. The van der Waals surface area contributed by atoms with E-state index in [2.05, 4.69) is 4.98 Å². The summed E-state index contributed by atoms with van der Waals surface area (Å²) in [5.41, 5.74) is -0.108. The molecule has 88 valence electrons. The maximum absolute atomic E-state index is 12.4. The van der Waals surface area contributed by atoms with Gasteiger partial charge < -0.3 is 10.4 Å². The van der Waals surface area contributed by atoms with Gasteiger partial charge in [0.1, 0.15) is 17.6 Å². The summed E-state index contributed by atoms with van der Waals surface area (Å²) in [5, 5.41) is 10.8. The number of pyridine rings is 1. The van der Waals surface area contributed by atoms with Crippen LogP contribution in [-0.2, 0) is 0 Å². The number of halogens is 3. The van der Waals surface area contributed by atoms with Gasteiger partial charge in [0.25, 0.3) is 12.3 Å². The number of alkyl halides is 2. The van der Waals surface area contributed by atoms with Crippen LogP contribution in [0.2, 0.25) is 0 Å². The summed E-state index contributed by atoms with van der Waals surface area (Å²) in [4.78, 5) is 14.7. The second-order valence-electron chi connectivity index (χ2n) is 2.97. The minimum atomic E-state index is -2.93. The molecule has 0 bridgehead atoms. The van der Waals surface area contributed by atoms with Crippen molar-refractivity contribution in [1.82, 2.24) is 10.3 Å². The van der Waals surface area contributed by atoms with Gasteiger partial charge in [-0.1, -0.05) is 0 Å². The molecule has 0 saturated heterocycles. The van der Waals surface area contributed by atoms with Gasteiger partial charge in [-0.15, -0.1) is 0 Å². The summed E-state index contributed by atoms with van der Waals surface area (Å²) in [5.74, 6) is -1.36. The van der Waals surface area contributed by atoms with Crippen molar-refractivity contribution >= 4 is 5.91 Å². The average molecular weight is 234 g/mol. The Bertz CT molecular complexity index is 356. The van der Waals surface area contributed by atoms with Crippen LogP contribution in [0, 0.1) is 5.82 Å². The Morgan fingerprint density at radius 3 is 2.69 bits per heavy atom. The second-order valence-corrected chi connectivity index (χ2v) is 2.97. The fourth-order valence-electron chi connectivity index (χ4n) is 0.887. The quantitative estimate of drug-likeness (QED) is 0.800. The van der Waals surface area contributed by atoms with E-state index in [9.17, 15) is 18.0 Å². The molecule has 0 saturated carbocycles. The summed E-state index contributed by atoms with van der Waals surface area (Å²) in [6.07, 6.45) is -4.02. The van der Waals surface area contributed by atoms with Gasteiger partial charge in [-0.05, 0) is 12.1 Å². The van der Waals surface area contributed by atoms with E-state index in [0.29, 0.717) is 0 Å². The third kappa shape index (κ3) is 3.50. The van der Waals surface area contributed by atoms with Crippen LogP contribution < -0.4 is 5.32 Å². The molecule has 1 heterocycles. The molecule has 16 heavy (non-hydrogen) atoms. The van der Waals surface area contributed by atoms with Gasteiger partial charge in [0, 0.05) is 6.54 Å². The summed E-state index contributed by atoms with van der Waals surface area (Å²) in [6, 6.07) is 2.13. The Hall–Kier alpha value is -1.63. The molecule has 0 aliphatic carbocycles. The van der Waals surface area contributed by atoms with Gasteiger partial charge >= 0.3 is 0 Å². The molecule has 1 aromatic heterocycles. The second kappa shape index (κ2) is 5.45. The smallest absolute Gasteiger partial charge is 0.269 e. The number of carbonyl (C=O) groups excluding carboxylic acids is 1. The fourth-order valence-corrected chi connectivity index (χ4v) is 0.887. The normalized spacial score (nSPS) is 12.6. The number of hydrogen-bond acceptors (Lipinski definition) is 3. The van der Waals surface area contributed by atoms with Crippen molar-refractivity contribution < 1.29 is 23.1 Å². The number of carbonyl (C=O) groups is 1. The first-order valence-corrected chi connectivity index (χ1v) is 4.36. The molecule has 0 aromatic carbocycles. The van der Waals surface area contributed by atoms with Crippen molar-refractivity contribution in [2.75, 3.05) is 6.54 Å². The lowest BCUT2D eigenvalue weighted by Gasteiger charge is -2.10. The molecule has 0 spiro atoms. The van der Waals surface area contributed by atoms with Crippen molar-refractivity contribution in [3.8, 4) is 0 Å². The van der Waals surface area contributed by atoms with Crippen molar-refractivity contribution in [3.63, 3.8) is 0 Å². The van der Waals surface area contributed by atoms with E-state index >= 15 is 0 Å². The highest BCUT2D eigenvalue weighted by atomic mass is 19.3. The van der Waals surface area contributed by atoms with E-state index in [1.807, 2.05) is 5.32 Å². The lowest BCUT2D eigenvalue weighted by molar-refractivity contribution is -0.00272. The van der Waals surface area contributed by atoms with Gasteiger partial charge in [0.2, 0.25) is 0 Å². The van der Waals surface area contributed by atoms with Crippen LogP contribution in [0.4, 0.5) is 13.2 Å². The summed E-state index contributed by atoms with van der Waals surface area (Å²) >= 11 is 0. The van der Waals surface area contributed by atoms with Crippen molar-refractivity contribution in [2.24, 2.45) is 0 Å². The monoisotopic (exact) mass is 234 g/mol. The van der Waals surface area contributed by atoms with Crippen LogP contribution in [0.25, 0.3) is 0 Å². The fraction of sp³-hybridized carbons (Fsp3) is 0.333. The Morgan fingerprint density at radius 2 is 2.19 bits per heavy atom. The van der Waals surface area contributed by atoms with Crippen LogP contribution in [0.3, 0.4) is 0 Å². The zero-order chi connectivity index (χ0) is 12.1. The van der Waals surface area contributed by atoms with Crippen LogP contribution in [0.1, 0.15) is 10.5 Å². The molecule has 0 fully saturated rings. The molecule has 0 aliphatic rings. The Labute approximate surface area is 89.1 Å². The number of aromatic nitrogens is 1. The standard InChI is InChI=1S/C9H9F3N2O2/c10-5-1-2-6(13-3-5)9(16)14-4-7(15)8(11)12/h1-3,7-8,15H,4H2,(H,14,16). The van der Waals surface area contributed by atoms with E-state index in [4.69, 9.17) is 5.11 Å². The van der Waals surface area contributed by atoms with E-state index in [1.54, 1.807) is 0 Å². The number of rotatable bonds is 4. The predicted molar refractivity (Wildman–Crippen MR) is 48.5 cm³/mol. The van der Waals surface area contributed by atoms with Gasteiger partial charge in [0.05, 0.1) is 6.20 Å². The minimum absolute atomic E-state index is 0.108. The van der Waals surface area contributed by atoms with Crippen molar-refractivity contribution in [2.45, 2.75) is 12.5 Å². The van der Waals surface area contributed by atoms with Crippen molar-refractivity contribution in [3.05, 3.63) is 29.8 Å². The molecule has 1 aromatic rings. The molecular weight excluding hydrogens is 225 g/mol. The number of amides is 1.